The van der Waals surface area contributed by atoms with Crippen LogP contribution in [-0.2, 0) is 0 Å². The molecule has 1 aliphatic heterocycles. The van der Waals surface area contributed by atoms with Crippen LogP contribution in [-0.4, -0.2) is 67.5 Å². The fraction of sp³-hybridized carbons (Fsp3) is 0.500. The second-order valence-electron chi connectivity index (χ2n) is 9.79. The van der Waals surface area contributed by atoms with Crippen LogP contribution in [0.2, 0.25) is 0 Å². The normalized spacial score (nSPS) is 22.4. The maximum Gasteiger partial charge on any atom is 0.251 e. The van der Waals surface area contributed by atoms with Gasteiger partial charge in [0, 0.05) is 37.7 Å². The number of aliphatic imine (C=N–C) groups is 1. The van der Waals surface area contributed by atoms with Gasteiger partial charge in [-0.3, -0.25) is 14.9 Å². The number of rotatable bonds is 5. The Kier molecular flexibility index (Phi) is 6.09. The first-order chi connectivity index (χ1) is 17.0. The number of aromatic nitrogens is 4. The third-order valence-corrected chi connectivity index (χ3v) is 6.74. The molecular formula is C24H28F4N8. The molecule has 0 amide bonds. The first-order valence-corrected chi connectivity index (χ1v) is 11.9. The van der Waals surface area contributed by atoms with Crippen LogP contribution in [0.25, 0.3) is 16.8 Å². The topological polar surface area (TPSA) is 96.7 Å². The number of hydrogen-bond donors (Lipinski definition) is 2. The van der Waals surface area contributed by atoms with Crippen molar-refractivity contribution >= 4 is 28.7 Å². The fourth-order valence-corrected chi connectivity index (χ4v) is 4.91. The monoisotopic (exact) mass is 504 g/mol. The zero-order valence-electron chi connectivity index (χ0n) is 20.3. The molecule has 3 N–H and O–H groups in total. The minimum Gasteiger partial charge on any atom is -0.382 e. The molecule has 3 aromatic rings. The third-order valence-electron chi connectivity index (χ3n) is 6.74. The molecule has 1 saturated carbocycles. The van der Waals surface area contributed by atoms with Gasteiger partial charge >= 0.3 is 0 Å². The summed E-state index contributed by atoms with van der Waals surface area (Å²) in [5.41, 5.74) is 9.18. The average Bonchev–Trinajstić information content (AvgIpc) is 3.11. The summed E-state index contributed by atoms with van der Waals surface area (Å²) in [6, 6.07) is 2.53. The van der Waals surface area contributed by atoms with Crippen molar-refractivity contribution < 1.29 is 17.6 Å². The lowest BCUT2D eigenvalue weighted by Gasteiger charge is -2.46. The van der Waals surface area contributed by atoms with Gasteiger partial charge in [-0.1, -0.05) is 0 Å². The van der Waals surface area contributed by atoms with E-state index in [4.69, 9.17) is 5.73 Å². The summed E-state index contributed by atoms with van der Waals surface area (Å²) in [5.74, 6) is -3.14. The number of nitrogens with one attached hydrogen (secondary N) is 1. The molecule has 8 nitrogen and oxygen atoms in total. The number of nitrogens with two attached hydrogens (primary N) is 1. The molecule has 4 heterocycles. The lowest BCUT2D eigenvalue weighted by atomic mass is 9.85. The number of nitrogens with zero attached hydrogens (tertiary/aromatic N) is 6. The molecule has 12 heteroatoms. The highest BCUT2D eigenvalue weighted by Crippen LogP contribution is 2.41. The number of likely N-dealkylation sites (tertiary alicyclic amines) is 1. The van der Waals surface area contributed by atoms with E-state index in [9.17, 15) is 13.2 Å². The molecule has 0 radical (unpaired) electrons. The van der Waals surface area contributed by atoms with Crippen LogP contribution in [0.4, 0.5) is 35.0 Å². The number of fused-ring (bicyclic) bond motifs is 1. The second kappa shape index (κ2) is 8.99. The molecule has 1 aliphatic carbocycles. The van der Waals surface area contributed by atoms with Crippen molar-refractivity contribution in [3.05, 3.63) is 29.8 Å². The number of pyridine rings is 1. The van der Waals surface area contributed by atoms with Crippen molar-refractivity contribution in [3.63, 3.8) is 0 Å². The third kappa shape index (κ3) is 4.61. The van der Waals surface area contributed by atoms with Crippen LogP contribution in [0, 0.1) is 12.7 Å². The summed E-state index contributed by atoms with van der Waals surface area (Å²) in [4.78, 5) is 14.9. The molecule has 3 aromatic heterocycles. The lowest BCUT2D eigenvalue weighted by molar-refractivity contribution is -0.131. The van der Waals surface area contributed by atoms with E-state index in [1.54, 1.807) is 24.0 Å². The van der Waals surface area contributed by atoms with Gasteiger partial charge in [-0.05, 0) is 39.3 Å². The number of anilines is 2. The number of hydrogen-bond acceptors (Lipinski definition) is 7. The molecule has 2 fully saturated rings. The van der Waals surface area contributed by atoms with E-state index in [-0.39, 0.29) is 48.3 Å². The molecule has 1 saturated heterocycles. The maximum absolute atomic E-state index is 15.0. The predicted octanol–water partition coefficient (Wildman–Crippen LogP) is 4.56. The molecule has 2 atom stereocenters. The van der Waals surface area contributed by atoms with Gasteiger partial charge in [-0.25, -0.2) is 22.1 Å². The summed E-state index contributed by atoms with van der Waals surface area (Å²) < 4.78 is 57.6. The van der Waals surface area contributed by atoms with Gasteiger partial charge in [0.25, 0.3) is 5.92 Å². The Morgan fingerprint density at radius 2 is 1.97 bits per heavy atom. The van der Waals surface area contributed by atoms with Crippen molar-refractivity contribution in [3.8, 4) is 11.3 Å². The highest BCUT2D eigenvalue weighted by Gasteiger charge is 2.49. The van der Waals surface area contributed by atoms with Gasteiger partial charge in [-0.2, -0.15) is 4.98 Å². The van der Waals surface area contributed by atoms with Gasteiger partial charge in [0.05, 0.1) is 34.9 Å². The molecule has 0 spiro atoms. The molecule has 0 aromatic carbocycles. The van der Waals surface area contributed by atoms with Crippen LogP contribution >= 0.6 is 0 Å². The molecule has 5 rings (SSSR count). The first-order valence-electron chi connectivity index (χ1n) is 11.9. The summed E-state index contributed by atoms with van der Waals surface area (Å²) in [7, 11) is 0. The summed E-state index contributed by atoms with van der Waals surface area (Å²) >= 11 is 0. The minimum absolute atomic E-state index is 0.0156. The zero-order valence-corrected chi connectivity index (χ0v) is 20.3. The Hall–Kier alpha value is -3.28. The van der Waals surface area contributed by atoms with Crippen molar-refractivity contribution in [2.45, 2.75) is 64.2 Å². The smallest absolute Gasteiger partial charge is 0.251 e. The Morgan fingerprint density at radius 1 is 1.22 bits per heavy atom. The van der Waals surface area contributed by atoms with Crippen molar-refractivity contribution in [1.29, 1.82) is 0 Å². The standard InChI is InChI=1S/C24H28F4N8/c1-12(2)30-17-4-5-19(31-13(17)3)20-16(26)11-36-21(20)22(29)33-23(34-36)32-18-6-7-35(10-15(18)25)14-8-24(27,28)9-14/h4-5,11,14-15,18H,6-10H2,1-3H3,(H3,29,32,33,34). The van der Waals surface area contributed by atoms with Crippen LogP contribution in [0.3, 0.4) is 0 Å². The Labute approximate surface area is 205 Å². The molecule has 192 valence electrons. The highest BCUT2D eigenvalue weighted by molar-refractivity contribution is 5.88. The number of alkyl halides is 3. The Bertz CT molecular complexity index is 1330. The SMILES string of the molecule is CC(C)=Nc1ccc(-c2c(F)cn3nc(NC4CCN(C5CC(F)(F)C5)CC4F)nc(N)c23)nc1C. The molecule has 36 heavy (non-hydrogen) atoms. The zero-order chi connectivity index (χ0) is 25.8. The van der Waals surface area contributed by atoms with E-state index in [2.05, 4.69) is 25.4 Å². The van der Waals surface area contributed by atoms with Crippen LogP contribution in [0.1, 0.15) is 38.8 Å². The Morgan fingerprint density at radius 3 is 2.61 bits per heavy atom. The van der Waals surface area contributed by atoms with Gasteiger partial charge in [-0.15, -0.1) is 5.10 Å². The second-order valence-corrected chi connectivity index (χ2v) is 9.79. The quantitative estimate of drug-likeness (QED) is 0.391. The molecular weight excluding hydrogens is 476 g/mol. The van der Waals surface area contributed by atoms with Gasteiger partial charge in [0.15, 0.2) is 11.6 Å². The number of halogens is 4. The van der Waals surface area contributed by atoms with E-state index < -0.39 is 24.0 Å². The Balaban J connectivity index is 1.36. The van der Waals surface area contributed by atoms with E-state index in [0.29, 0.717) is 30.0 Å². The fourth-order valence-electron chi connectivity index (χ4n) is 4.91. The summed E-state index contributed by atoms with van der Waals surface area (Å²) in [5, 5.41) is 7.25. The first kappa shape index (κ1) is 24.4. The number of nitrogen functional groups attached to an aromatic ring is 1. The predicted molar refractivity (Wildman–Crippen MR) is 130 cm³/mol. The van der Waals surface area contributed by atoms with Crippen molar-refractivity contribution in [2.75, 3.05) is 24.1 Å². The minimum atomic E-state index is -2.64. The number of aryl methyl sites for hydroxylation is 1. The largest absolute Gasteiger partial charge is 0.382 e. The maximum atomic E-state index is 15.0. The van der Waals surface area contributed by atoms with Gasteiger partial charge in [0.2, 0.25) is 5.95 Å². The number of piperidine rings is 1. The van der Waals surface area contributed by atoms with E-state index in [1.165, 1.54) is 10.7 Å². The van der Waals surface area contributed by atoms with Crippen LogP contribution < -0.4 is 11.1 Å². The summed E-state index contributed by atoms with van der Waals surface area (Å²) in [6.07, 6.45) is -0.174. The average molecular weight is 505 g/mol. The van der Waals surface area contributed by atoms with Crippen LogP contribution in [0.15, 0.2) is 23.3 Å². The molecule has 0 bridgehead atoms. The lowest BCUT2D eigenvalue weighted by Crippen LogP contribution is -2.57. The van der Waals surface area contributed by atoms with Crippen LogP contribution in [0.5, 0.6) is 0 Å². The van der Waals surface area contributed by atoms with Gasteiger partial charge in [0.1, 0.15) is 11.7 Å². The van der Waals surface area contributed by atoms with E-state index in [1.807, 2.05) is 13.8 Å². The van der Waals surface area contributed by atoms with E-state index in [0.717, 1.165) is 5.71 Å². The van der Waals surface area contributed by atoms with Crippen molar-refractivity contribution in [2.24, 2.45) is 4.99 Å². The highest BCUT2D eigenvalue weighted by atomic mass is 19.3. The molecule has 2 unspecified atom stereocenters. The molecule has 2 aliphatic rings. The summed E-state index contributed by atoms with van der Waals surface area (Å²) in [6.45, 7) is 6.09. The van der Waals surface area contributed by atoms with Crippen molar-refractivity contribution in [1.82, 2.24) is 24.5 Å². The van der Waals surface area contributed by atoms with Gasteiger partial charge < -0.3 is 11.1 Å². The van der Waals surface area contributed by atoms with E-state index >= 15 is 4.39 Å².